The van der Waals surface area contributed by atoms with Crippen LogP contribution in [0.15, 0.2) is 0 Å². The van der Waals surface area contributed by atoms with Gasteiger partial charge < -0.3 is 10.6 Å². The van der Waals surface area contributed by atoms with Crippen molar-refractivity contribution in [1.29, 1.82) is 0 Å². The fourth-order valence-electron chi connectivity index (χ4n) is 2.55. The van der Waals surface area contributed by atoms with Gasteiger partial charge in [0.2, 0.25) is 5.91 Å². The molecule has 17 heavy (non-hydrogen) atoms. The maximum atomic E-state index is 11.9. The van der Waals surface area contributed by atoms with Gasteiger partial charge in [-0.1, -0.05) is 20.3 Å². The standard InChI is InChI=1S/C14H28N2O/c1-3-9-15-10-11-16-14(17)13-7-5-12(4-2)6-8-13/h12-13,15H,3-11H2,1-2H3,(H,16,17). The molecule has 1 saturated carbocycles. The predicted octanol–water partition coefficient (Wildman–Crippen LogP) is 2.32. The third-order valence-corrected chi connectivity index (χ3v) is 3.82. The van der Waals surface area contributed by atoms with Crippen LogP contribution < -0.4 is 10.6 Å². The number of rotatable bonds is 7. The molecule has 0 spiro atoms. The molecule has 0 radical (unpaired) electrons. The molecule has 0 atom stereocenters. The SMILES string of the molecule is CCCNCCNC(=O)C1CCC(CC)CC1. The number of carbonyl (C=O) groups is 1. The highest BCUT2D eigenvalue weighted by molar-refractivity contribution is 5.78. The lowest BCUT2D eigenvalue weighted by Crippen LogP contribution is -2.37. The molecule has 0 unspecified atom stereocenters. The fourth-order valence-corrected chi connectivity index (χ4v) is 2.55. The Morgan fingerprint density at radius 3 is 2.35 bits per heavy atom. The van der Waals surface area contributed by atoms with Crippen LogP contribution in [0.25, 0.3) is 0 Å². The maximum absolute atomic E-state index is 11.9. The van der Waals surface area contributed by atoms with Crippen LogP contribution in [0.3, 0.4) is 0 Å². The first-order valence-corrected chi connectivity index (χ1v) is 7.26. The van der Waals surface area contributed by atoms with Gasteiger partial charge in [-0.05, 0) is 44.6 Å². The van der Waals surface area contributed by atoms with Crippen molar-refractivity contribution >= 4 is 5.91 Å². The first-order chi connectivity index (χ1) is 8.27. The van der Waals surface area contributed by atoms with E-state index in [9.17, 15) is 4.79 Å². The van der Waals surface area contributed by atoms with E-state index in [1.54, 1.807) is 0 Å². The number of hydrogen-bond donors (Lipinski definition) is 2. The Bertz CT molecular complexity index is 210. The zero-order chi connectivity index (χ0) is 12.5. The van der Waals surface area contributed by atoms with Gasteiger partial charge in [-0.15, -0.1) is 0 Å². The monoisotopic (exact) mass is 240 g/mol. The number of amides is 1. The maximum Gasteiger partial charge on any atom is 0.223 e. The van der Waals surface area contributed by atoms with Crippen LogP contribution in [0.2, 0.25) is 0 Å². The van der Waals surface area contributed by atoms with Crippen LogP contribution in [-0.2, 0) is 4.79 Å². The average molecular weight is 240 g/mol. The van der Waals surface area contributed by atoms with E-state index in [4.69, 9.17) is 0 Å². The molecular weight excluding hydrogens is 212 g/mol. The lowest BCUT2D eigenvalue weighted by Gasteiger charge is -2.26. The Hall–Kier alpha value is -0.570. The van der Waals surface area contributed by atoms with E-state index >= 15 is 0 Å². The quantitative estimate of drug-likeness (QED) is 0.671. The fraction of sp³-hybridized carbons (Fsp3) is 0.929. The normalized spacial score (nSPS) is 24.6. The summed E-state index contributed by atoms with van der Waals surface area (Å²) in [4.78, 5) is 11.9. The molecule has 0 bridgehead atoms. The molecule has 100 valence electrons. The van der Waals surface area contributed by atoms with Crippen molar-refractivity contribution in [1.82, 2.24) is 10.6 Å². The van der Waals surface area contributed by atoms with Gasteiger partial charge in [0.15, 0.2) is 0 Å². The van der Waals surface area contributed by atoms with Gasteiger partial charge in [-0.3, -0.25) is 4.79 Å². The minimum atomic E-state index is 0.276. The molecule has 0 aromatic rings. The van der Waals surface area contributed by atoms with Crippen molar-refractivity contribution in [3.05, 3.63) is 0 Å². The summed E-state index contributed by atoms with van der Waals surface area (Å²) in [7, 11) is 0. The largest absolute Gasteiger partial charge is 0.355 e. The Balaban J connectivity index is 2.08. The van der Waals surface area contributed by atoms with E-state index in [2.05, 4.69) is 24.5 Å². The summed E-state index contributed by atoms with van der Waals surface area (Å²) < 4.78 is 0. The van der Waals surface area contributed by atoms with Crippen molar-refractivity contribution in [2.24, 2.45) is 11.8 Å². The second-order valence-electron chi connectivity index (χ2n) is 5.17. The van der Waals surface area contributed by atoms with E-state index in [0.29, 0.717) is 0 Å². The van der Waals surface area contributed by atoms with Gasteiger partial charge in [0.05, 0.1) is 0 Å². The highest BCUT2D eigenvalue weighted by Crippen LogP contribution is 2.30. The first kappa shape index (κ1) is 14.5. The molecular formula is C14H28N2O. The molecule has 0 saturated heterocycles. The summed E-state index contributed by atoms with van der Waals surface area (Å²) in [5.74, 6) is 1.42. The molecule has 1 aliphatic carbocycles. The van der Waals surface area contributed by atoms with Crippen LogP contribution in [0, 0.1) is 11.8 Å². The zero-order valence-corrected chi connectivity index (χ0v) is 11.4. The van der Waals surface area contributed by atoms with Gasteiger partial charge in [0, 0.05) is 19.0 Å². The summed E-state index contributed by atoms with van der Waals surface area (Å²) in [6.45, 7) is 7.11. The van der Waals surface area contributed by atoms with Crippen molar-refractivity contribution in [3.63, 3.8) is 0 Å². The molecule has 0 heterocycles. The van der Waals surface area contributed by atoms with E-state index < -0.39 is 0 Å². The molecule has 1 rings (SSSR count). The minimum Gasteiger partial charge on any atom is -0.355 e. The smallest absolute Gasteiger partial charge is 0.223 e. The van der Waals surface area contributed by atoms with Crippen LogP contribution in [0.5, 0.6) is 0 Å². The summed E-state index contributed by atoms with van der Waals surface area (Å²) in [6.07, 6.45) is 7.08. The second-order valence-corrected chi connectivity index (χ2v) is 5.17. The molecule has 0 aliphatic heterocycles. The molecule has 1 aliphatic rings. The van der Waals surface area contributed by atoms with Gasteiger partial charge in [0.25, 0.3) is 0 Å². The lowest BCUT2D eigenvalue weighted by atomic mass is 9.80. The van der Waals surface area contributed by atoms with Crippen LogP contribution in [-0.4, -0.2) is 25.5 Å². The molecule has 1 fully saturated rings. The lowest BCUT2D eigenvalue weighted by molar-refractivity contribution is -0.126. The van der Waals surface area contributed by atoms with Crippen LogP contribution in [0.1, 0.15) is 52.4 Å². The van der Waals surface area contributed by atoms with Gasteiger partial charge >= 0.3 is 0 Å². The Morgan fingerprint density at radius 1 is 1.06 bits per heavy atom. The first-order valence-electron chi connectivity index (χ1n) is 7.26. The van der Waals surface area contributed by atoms with Crippen LogP contribution in [0.4, 0.5) is 0 Å². The molecule has 0 aromatic carbocycles. The van der Waals surface area contributed by atoms with Gasteiger partial charge in [0.1, 0.15) is 0 Å². The highest BCUT2D eigenvalue weighted by Gasteiger charge is 2.24. The van der Waals surface area contributed by atoms with E-state index in [1.165, 1.54) is 19.3 Å². The number of hydrogen-bond acceptors (Lipinski definition) is 2. The van der Waals surface area contributed by atoms with Crippen molar-refractivity contribution in [2.75, 3.05) is 19.6 Å². The predicted molar refractivity (Wildman–Crippen MR) is 71.9 cm³/mol. The van der Waals surface area contributed by atoms with Gasteiger partial charge in [-0.2, -0.15) is 0 Å². The van der Waals surface area contributed by atoms with E-state index in [0.717, 1.165) is 44.8 Å². The molecule has 3 nitrogen and oxygen atoms in total. The minimum absolute atomic E-state index is 0.276. The van der Waals surface area contributed by atoms with Crippen LogP contribution >= 0.6 is 0 Å². The molecule has 2 N–H and O–H groups in total. The summed E-state index contributed by atoms with van der Waals surface area (Å²) in [5.41, 5.74) is 0. The second kappa shape index (κ2) is 8.51. The van der Waals surface area contributed by atoms with Gasteiger partial charge in [-0.25, -0.2) is 0 Å². The van der Waals surface area contributed by atoms with Crippen molar-refractivity contribution in [2.45, 2.75) is 52.4 Å². The molecule has 1 amide bonds. The number of nitrogens with one attached hydrogen (secondary N) is 2. The molecule has 3 heteroatoms. The molecule has 0 aromatic heterocycles. The highest BCUT2D eigenvalue weighted by atomic mass is 16.1. The third-order valence-electron chi connectivity index (χ3n) is 3.82. The average Bonchev–Trinajstić information content (AvgIpc) is 2.38. The Kier molecular flexibility index (Phi) is 7.25. The summed E-state index contributed by atoms with van der Waals surface area (Å²) >= 11 is 0. The van der Waals surface area contributed by atoms with E-state index in [1.807, 2.05) is 0 Å². The zero-order valence-electron chi connectivity index (χ0n) is 11.4. The number of carbonyl (C=O) groups excluding carboxylic acids is 1. The van der Waals surface area contributed by atoms with Crippen molar-refractivity contribution < 1.29 is 4.79 Å². The Morgan fingerprint density at radius 2 is 1.76 bits per heavy atom. The summed E-state index contributed by atoms with van der Waals surface area (Å²) in [5, 5.41) is 6.34. The Labute approximate surface area is 106 Å². The summed E-state index contributed by atoms with van der Waals surface area (Å²) in [6, 6.07) is 0. The van der Waals surface area contributed by atoms with E-state index in [-0.39, 0.29) is 11.8 Å². The third kappa shape index (κ3) is 5.53. The topological polar surface area (TPSA) is 41.1 Å². The van der Waals surface area contributed by atoms with Crippen molar-refractivity contribution in [3.8, 4) is 0 Å².